The Balaban J connectivity index is 1.56. The van der Waals surface area contributed by atoms with Crippen LogP contribution in [0.4, 0.5) is 11.4 Å². The summed E-state index contributed by atoms with van der Waals surface area (Å²) in [6, 6.07) is 19.5. The maximum atomic E-state index is 13.7. The van der Waals surface area contributed by atoms with E-state index in [9.17, 15) is 18.0 Å². The van der Waals surface area contributed by atoms with Gasteiger partial charge < -0.3 is 20.1 Å². The molecule has 0 aliphatic carbocycles. The summed E-state index contributed by atoms with van der Waals surface area (Å²) in [5, 5.41) is 5.58. The summed E-state index contributed by atoms with van der Waals surface area (Å²) in [6.45, 7) is 4.74. The predicted octanol–water partition coefficient (Wildman–Crippen LogP) is 4.14. The number of carbonyl (C=O) groups is 2. The van der Waals surface area contributed by atoms with Crippen molar-refractivity contribution in [1.82, 2.24) is 5.32 Å². The van der Waals surface area contributed by atoms with Crippen molar-refractivity contribution in [3.63, 3.8) is 0 Å². The molecule has 1 atom stereocenters. The highest BCUT2D eigenvalue weighted by Gasteiger charge is 2.28. The molecule has 2 N–H and O–H groups in total. The lowest BCUT2D eigenvalue weighted by Gasteiger charge is -2.24. The molecule has 0 bridgehead atoms. The minimum Gasteiger partial charge on any atom is -0.494 e. The molecule has 0 spiro atoms. The van der Waals surface area contributed by atoms with E-state index < -0.39 is 22.5 Å². The van der Waals surface area contributed by atoms with E-state index in [-0.39, 0.29) is 28.2 Å². The average molecular weight is 552 g/mol. The van der Waals surface area contributed by atoms with Crippen molar-refractivity contribution >= 4 is 33.2 Å². The Bertz CT molecular complexity index is 1390. The molecule has 2 amide bonds. The van der Waals surface area contributed by atoms with Crippen molar-refractivity contribution < 1.29 is 27.5 Å². The largest absolute Gasteiger partial charge is 0.494 e. The van der Waals surface area contributed by atoms with Gasteiger partial charge in [-0.1, -0.05) is 29.8 Å². The third-order valence-corrected chi connectivity index (χ3v) is 8.08. The first-order chi connectivity index (χ1) is 18.8. The molecule has 206 valence electrons. The average Bonchev–Trinajstić information content (AvgIpc) is 3.45. The number of carbonyl (C=O) groups excluding carboxylic acids is 2. The summed E-state index contributed by atoms with van der Waals surface area (Å²) in [5.41, 5.74) is 1.77. The van der Waals surface area contributed by atoms with Gasteiger partial charge in [0.1, 0.15) is 12.3 Å². The Morgan fingerprint density at radius 2 is 1.74 bits per heavy atom. The van der Waals surface area contributed by atoms with E-state index >= 15 is 0 Å². The lowest BCUT2D eigenvalue weighted by Crippen LogP contribution is -2.38. The lowest BCUT2D eigenvalue weighted by atomic mass is 10.1. The van der Waals surface area contributed by atoms with Crippen LogP contribution in [-0.2, 0) is 19.6 Å². The Kier molecular flexibility index (Phi) is 9.21. The minimum absolute atomic E-state index is 0.0228. The molecule has 0 aromatic heterocycles. The third-order valence-electron chi connectivity index (χ3n) is 6.29. The van der Waals surface area contributed by atoms with Crippen LogP contribution in [0, 0.1) is 6.92 Å². The maximum absolute atomic E-state index is 13.7. The fourth-order valence-corrected chi connectivity index (χ4v) is 5.67. The molecule has 3 aromatic carbocycles. The molecule has 0 unspecified atom stereocenters. The second-order valence-corrected chi connectivity index (χ2v) is 11.1. The van der Waals surface area contributed by atoms with E-state index in [1.165, 1.54) is 12.1 Å². The topological polar surface area (TPSA) is 114 Å². The Morgan fingerprint density at radius 1 is 1.03 bits per heavy atom. The summed E-state index contributed by atoms with van der Waals surface area (Å²) < 4.78 is 39.4. The van der Waals surface area contributed by atoms with Gasteiger partial charge in [-0.15, -0.1) is 0 Å². The Labute approximate surface area is 229 Å². The molecule has 4 rings (SSSR count). The number of anilines is 2. The molecule has 1 aliphatic heterocycles. The molecule has 1 fully saturated rings. The number of hydrogen-bond acceptors (Lipinski definition) is 6. The van der Waals surface area contributed by atoms with Crippen LogP contribution in [0.2, 0.25) is 0 Å². The zero-order valence-corrected chi connectivity index (χ0v) is 22.9. The molecular formula is C29H33N3O6S. The zero-order chi connectivity index (χ0) is 27.8. The standard InChI is InChI=1S/C29H33N3O6S/c1-3-37-23-14-12-22(13-15-23)32(39(35,36)25-16-10-21(2)11-17-25)20-28(33)31-27-9-5-4-8-26(27)29(34)30-19-24-7-6-18-38-24/h4-5,8-17,24H,3,6-7,18-20H2,1-2H3,(H,30,34)(H,31,33)/t24-/m1/s1. The van der Waals surface area contributed by atoms with Crippen LogP contribution in [0.25, 0.3) is 0 Å². The van der Waals surface area contributed by atoms with Gasteiger partial charge in [0.05, 0.1) is 34.5 Å². The number of amides is 2. The number of para-hydroxylation sites is 1. The van der Waals surface area contributed by atoms with E-state index in [1.807, 2.05) is 13.8 Å². The van der Waals surface area contributed by atoms with Gasteiger partial charge in [-0.05, 0) is 75.2 Å². The van der Waals surface area contributed by atoms with Crippen molar-refractivity contribution in [2.24, 2.45) is 0 Å². The van der Waals surface area contributed by atoms with E-state index in [4.69, 9.17) is 9.47 Å². The highest BCUT2D eigenvalue weighted by molar-refractivity contribution is 7.92. The first kappa shape index (κ1) is 28.1. The first-order valence-corrected chi connectivity index (χ1v) is 14.3. The molecule has 0 saturated carbocycles. The van der Waals surface area contributed by atoms with Crippen LogP contribution in [0.5, 0.6) is 5.75 Å². The van der Waals surface area contributed by atoms with E-state index in [0.29, 0.717) is 31.2 Å². The number of aryl methyl sites for hydroxylation is 1. The van der Waals surface area contributed by atoms with Gasteiger partial charge in [0.15, 0.2) is 0 Å². The van der Waals surface area contributed by atoms with Gasteiger partial charge in [-0.3, -0.25) is 13.9 Å². The number of nitrogens with zero attached hydrogens (tertiary/aromatic N) is 1. The minimum atomic E-state index is -4.09. The van der Waals surface area contributed by atoms with Crippen molar-refractivity contribution in [1.29, 1.82) is 0 Å². The molecular weight excluding hydrogens is 518 g/mol. The van der Waals surface area contributed by atoms with Crippen LogP contribution in [0.1, 0.15) is 35.7 Å². The van der Waals surface area contributed by atoms with Crippen LogP contribution in [-0.4, -0.2) is 52.6 Å². The molecule has 9 nitrogen and oxygen atoms in total. The van der Waals surface area contributed by atoms with Gasteiger partial charge in [-0.2, -0.15) is 0 Å². The van der Waals surface area contributed by atoms with Gasteiger partial charge in [-0.25, -0.2) is 8.42 Å². The van der Waals surface area contributed by atoms with Crippen LogP contribution in [0.3, 0.4) is 0 Å². The molecule has 10 heteroatoms. The monoisotopic (exact) mass is 551 g/mol. The van der Waals surface area contributed by atoms with E-state index in [1.54, 1.807) is 60.7 Å². The fourth-order valence-electron chi connectivity index (χ4n) is 4.25. The Morgan fingerprint density at radius 3 is 2.41 bits per heavy atom. The number of sulfonamides is 1. The molecule has 0 radical (unpaired) electrons. The highest BCUT2D eigenvalue weighted by atomic mass is 32.2. The second-order valence-electron chi connectivity index (χ2n) is 9.19. The summed E-state index contributed by atoms with van der Waals surface area (Å²) in [5.74, 6) is -0.364. The number of benzene rings is 3. The zero-order valence-electron chi connectivity index (χ0n) is 22.1. The van der Waals surface area contributed by atoms with E-state index in [0.717, 1.165) is 22.7 Å². The fraction of sp³-hybridized carbons (Fsp3) is 0.310. The highest BCUT2D eigenvalue weighted by Crippen LogP contribution is 2.26. The third kappa shape index (κ3) is 7.15. The van der Waals surface area contributed by atoms with Crippen LogP contribution >= 0.6 is 0 Å². The first-order valence-electron chi connectivity index (χ1n) is 12.9. The smallest absolute Gasteiger partial charge is 0.264 e. The van der Waals surface area contributed by atoms with Crippen LogP contribution in [0.15, 0.2) is 77.7 Å². The lowest BCUT2D eigenvalue weighted by molar-refractivity contribution is -0.114. The number of ether oxygens (including phenoxy) is 2. The second kappa shape index (κ2) is 12.8. The van der Waals surface area contributed by atoms with Gasteiger partial charge in [0.25, 0.3) is 15.9 Å². The summed E-state index contributed by atoms with van der Waals surface area (Å²) in [4.78, 5) is 26.2. The number of hydrogen-bond donors (Lipinski definition) is 2. The molecule has 1 heterocycles. The van der Waals surface area contributed by atoms with Gasteiger partial charge in [0, 0.05) is 13.2 Å². The normalized spacial score (nSPS) is 15.0. The van der Waals surface area contributed by atoms with E-state index in [2.05, 4.69) is 10.6 Å². The van der Waals surface area contributed by atoms with Gasteiger partial charge in [0.2, 0.25) is 5.91 Å². The van der Waals surface area contributed by atoms with Crippen molar-refractivity contribution in [3.05, 3.63) is 83.9 Å². The summed E-state index contributed by atoms with van der Waals surface area (Å²) in [7, 11) is -4.09. The molecule has 1 saturated heterocycles. The predicted molar refractivity (Wildman–Crippen MR) is 150 cm³/mol. The quantitative estimate of drug-likeness (QED) is 0.370. The van der Waals surface area contributed by atoms with Gasteiger partial charge >= 0.3 is 0 Å². The van der Waals surface area contributed by atoms with Crippen molar-refractivity contribution in [3.8, 4) is 5.75 Å². The molecule has 3 aromatic rings. The number of rotatable bonds is 11. The van der Waals surface area contributed by atoms with Crippen LogP contribution < -0.4 is 19.7 Å². The molecule has 39 heavy (non-hydrogen) atoms. The van der Waals surface area contributed by atoms with Crippen molar-refractivity contribution in [2.75, 3.05) is 35.9 Å². The van der Waals surface area contributed by atoms with Crippen molar-refractivity contribution in [2.45, 2.75) is 37.7 Å². The molecule has 1 aliphatic rings. The maximum Gasteiger partial charge on any atom is 0.264 e. The Hall–Kier alpha value is -3.89. The summed E-state index contributed by atoms with van der Waals surface area (Å²) in [6.07, 6.45) is 1.82. The summed E-state index contributed by atoms with van der Waals surface area (Å²) >= 11 is 0. The number of nitrogens with one attached hydrogen (secondary N) is 2. The SMILES string of the molecule is CCOc1ccc(N(CC(=O)Nc2ccccc2C(=O)NC[C@H]2CCCO2)S(=O)(=O)c2ccc(C)cc2)cc1.